The van der Waals surface area contributed by atoms with Crippen LogP contribution in [0, 0.1) is 5.92 Å². The van der Waals surface area contributed by atoms with Crippen LogP contribution in [0.15, 0.2) is 48.8 Å². The number of ether oxygens (including phenoxy) is 1. The predicted octanol–water partition coefficient (Wildman–Crippen LogP) is 4.31. The molecule has 2 amide bonds. The summed E-state index contributed by atoms with van der Waals surface area (Å²) < 4.78 is 7.54. The number of fused-ring (bicyclic) bond motifs is 1. The summed E-state index contributed by atoms with van der Waals surface area (Å²) in [6.07, 6.45) is 8.03. The van der Waals surface area contributed by atoms with Gasteiger partial charge in [0.25, 0.3) is 5.91 Å². The summed E-state index contributed by atoms with van der Waals surface area (Å²) >= 11 is 0. The van der Waals surface area contributed by atoms with E-state index < -0.39 is 0 Å². The Morgan fingerprint density at radius 1 is 1.21 bits per heavy atom. The summed E-state index contributed by atoms with van der Waals surface area (Å²) in [7, 11) is 1.98. The molecule has 3 N–H and O–H groups in total. The fraction of sp³-hybridized carbons (Fsp3) is 0.400. The first-order valence-corrected chi connectivity index (χ1v) is 13.5. The number of benzene rings is 1. The molecule has 0 radical (unpaired) electrons. The average Bonchev–Trinajstić information content (AvgIpc) is 3.50. The van der Waals surface area contributed by atoms with Crippen molar-refractivity contribution in [2.45, 2.75) is 44.6 Å². The molecule has 1 atom stereocenters. The molecule has 6 rings (SSSR count). The summed E-state index contributed by atoms with van der Waals surface area (Å²) in [5, 5.41) is 3.69. The number of rotatable bonds is 5. The lowest BCUT2D eigenvalue weighted by Crippen LogP contribution is -2.61. The molecule has 0 saturated carbocycles. The second kappa shape index (κ2) is 9.64. The molecular weight excluding hydrogens is 492 g/mol. The zero-order chi connectivity index (χ0) is 27.3. The van der Waals surface area contributed by atoms with Crippen LogP contribution in [0.2, 0.25) is 0 Å². The summed E-state index contributed by atoms with van der Waals surface area (Å²) in [6, 6.07) is 7.73. The molecule has 1 aromatic carbocycles. The molecule has 9 heteroatoms. The Morgan fingerprint density at radius 2 is 1.97 bits per heavy atom. The van der Waals surface area contributed by atoms with Crippen molar-refractivity contribution in [3.05, 3.63) is 54.4 Å². The Hall–Kier alpha value is -3.98. The number of carbonyl (C=O) groups is 2. The number of hydrogen-bond donors (Lipinski definition) is 2. The molecule has 3 aromatic rings. The highest BCUT2D eigenvalue weighted by Crippen LogP contribution is 2.44. The smallest absolute Gasteiger partial charge is 0.250 e. The average molecular weight is 527 g/mol. The zero-order valence-corrected chi connectivity index (χ0v) is 22.5. The number of carbonyl (C=O) groups excluding carboxylic acids is 2. The fourth-order valence-electron chi connectivity index (χ4n) is 6.30. The highest BCUT2D eigenvalue weighted by atomic mass is 16.5. The van der Waals surface area contributed by atoms with Crippen molar-refractivity contribution in [2.75, 3.05) is 30.8 Å². The molecule has 2 fully saturated rings. The van der Waals surface area contributed by atoms with Gasteiger partial charge in [-0.3, -0.25) is 9.59 Å². The zero-order valence-electron chi connectivity index (χ0n) is 22.5. The van der Waals surface area contributed by atoms with Crippen molar-refractivity contribution in [2.24, 2.45) is 13.0 Å². The van der Waals surface area contributed by atoms with Crippen molar-refractivity contribution in [1.29, 1.82) is 0 Å². The van der Waals surface area contributed by atoms with Crippen LogP contribution < -0.4 is 11.1 Å². The van der Waals surface area contributed by atoms with Gasteiger partial charge in [0, 0.05) is 36.3 Å². The number of hydrogen-bond acceptors (Lipinski definition) is 6. The number of allylic oxidation sites excluding steroid dienone is 2. The van der Waals surface area contributed by atoms with Gasteiger partial charge < -0.3 is 25.3 Å². The highest BCUT2D eigenvalue weighted by molar-refractivity contribution is 6.05. The second-order valence-electron chi connectivity index (χ2n) is 11.1. The summed E-state index contributed by atoms with van der Waals surface area (Å²) in [5.74, 6) is 0.467. The van der Waals surface area contributed by atoms with Gasteiger partial charge in [0.15, 0.2) is 0 Å². The van der Waals surface area contributed by atoms with Gasteiger partial charge in [-0.2, -0.15) is 0 Å². The Morgan fingerprint density at radius 3 is 2.62 bits per heavy atom. The maximum absolute atomic E-state index is 13.5. The molecule has 2 aliphatic heterocycles. The number of aryl methyl sites for hydroxylation is 1. The minimum Gasteiger partial charge on any atom is -0.383 e. The molecule has 0 unspecified atom stereocenters. The largest absolute Gasteiger partial charge is 0.383 e. The number of nitrogens with one attached hydrogen (secondary N) is 1. The molecule has 4 heterocycles. The molecule has 1 spiro atoms. The fourth-order valence-corrected chi connectivity index (χ4v) is 6.30. The van der Waals surface area contributed by atoms with Gasteiger partial charge >= 0.3 is 0 Å². The van der Waals surface area contributed by atoms with E-state index in [-0.39, 0.29) is 23.3 Å². The lowest BCUT2D eigenvalue weighted by atomic mass is 9.83. The van der Waals surface area contributed by atoms with E-state index in [2.05, 4.69) is 32.8 Å². The molecule has 39 heavy (non-hydrogen) atoms. The summed E-state index contributed by atoms with van der Waals surface area (Å²) in [5.41, 5.74) is 12.4. The normalized spacial score (nSPS) is 20.1. The first-order valence-electron chi connectivity index (χ1n) is 13.5. The Balaban J connectivity index is 1.34. The quantitative estimate of drug-likeness (QED) is 0.479. The van der Waals surface area contributed by atoms with Gasteiger partial charge in [0.2, 0.25) is 5.91 Å². The van der Waals surface area contributed by atoms with Crippen LogP contribution in [0.25, 0.3) is 27.9 Å². The summed E-state index contributed by atoms with van der Waals surface area (Å²) in [6.45, 7) is 7.55. The molecular formula is C30H34N6O3. The van der Waals surface area contributed by atoms with Gasteiger partial charge in [0.05, 0.1) is 29.8 Å². The molecule has 3 aliphatic rings. The first kappa shape index (κ1) is 25.3. The third-order valence-electron chi connectivity index (χ3n) is 8.49. The number of nitrogen functional groups attached to an aromatic ring is 1. The van der Waals surface area contributed by atoms with Gasteiger partial charge in [-0.25, -0.2) is 9.97 Å². The second-order valence-corrected chi connectivity index (χ2v) is 11.1. The van der Waals surface area contributed by atoms with Crippen LogP contribution >= 0.6 is 0 Å². The molecule has 2 saturated heterocycles. The lowest BCUT2D eigenvalue weighted by molar-refractivity contribution is -0.162. The van der Waals surface area contributed by atoms with Crippen LogP contribution in [0.4, 0.5) is 11.5 Å². The number of nitrogens with zero attached hydrogens (tertiary/aromatic N) is 4. The Labute approximate surface area is 227 Å². The van der Waals surface area contributed by atoms with Crippen molar-refractivity contribution in [3.8, 4) is 11.3 Å². The molecule has 202 valence electrons. The van der Waals surface area contributed by atoms with Crippen LogP contribution in [0.5, 0.6) is 0 Å². The van der Waals surface area contributed by atoms with E-state index in [9.17, 15) is 9.59 Å². The molecule has 1 aliphatic carbocycles. The molecule has 9 nitrogen and oxygen atoms in total. The number of likely N-dealkylation sites (tertiary alicyclic amines) is 1. The number of anilines is 2. The van der Waals surface area contributed by atoms with Crippen LogP contribution in [0.3, 0.4) is 0 Å². The van der Waals surface area contributed by atoms with Gasteiger partial charge in [0.1, 0.15) is 17.8 Å². The van der Waals surface area contributed by atoms with Crippen LogP contribution in [0.1, 0.15) is 44.6 Å². The van der Waals surface area contributed by atoms with Crippen molar-refractivity contribution < 1.29 is 14.3 Å². The standard InChI is InChI=1S/C30H34N6O3/c1-18(2)28(37)34-22-11-9-20(10-12-22)25-23(24-26(31)32-17-33-27(24)35(25)3)19-5-7-21(8-6-19)29(38)36-14-4-13-30(36)15-39-16-30/h5,9-12,17,21H,1,4,6-8,13-16H2,2-3H3,(H,34,37)(H2,31,32,33)/t21-/m0/s1. The van der Waals surface area contributed by atoms with E-state index in [1.165, 1.54) is 6.33 Å². The maximum Gasteiger partial charge on any atom is 0.250 e. The predicted molar refractivity (Wildman–Crippen MR) is 152 cm³/mol. The third-order valence-corrected chi connectivity index (χ3v) is 8.49. The highest BCUT2D eigenvalue weighted by Gasteiger charge is 2.50. The van der Waals surface area contributed by atoms with Crippen molar-refractivity contribution in [3.63, 3.8) is 0 Å². The van der Waals surface area contributed by atoms with E-state index in [0.29, 0.717) is 36.7 Å². The van der Waals surface area contributed by atoms with E-state index in [4.69, 9.17) is 10.5 Å². The van der Waals surface area contributed by atoms with E-state index >= 15 is 0 Å². The monoisotopic (exact) mass is 526 g/mol. The van der Waals surface area contributed by atoms with E-state index in [1.54, 1.807) is 6.92 Å². The summed E-state index contributed by atoms with van der Waals surface area (Å²) in [4.78, 5) is 36.5. The third kappa shape index (κ3) is 4.21. The van der Waals surface area contributed by atoms with Crippen molar-refractivity contribution >= 4 is 39.9 Å². The topological polar surface area (TPSA) is 115 Å². The van der Waals surface area contributed by atoms with Crippen LogP contribution in [-0.2, 0) is 21.4 Å². The number of nitrogens with two attached hydrogens (primary N) is 1. The molecule has 0 bridgehead atoms. The maximum atomic E-state index is 13.5. The van der Waals surface area contributed by atoms with Gasteiger partial charge in [-0.05, 0) is 62.3 Å². The first-order chi connectivity index (χ1) is 18.8. The van der Waals surface area contributed by atoms with E-state index in [1.807, 2.05) is 35.9 Å². The van der Waals surface area contributed by atoms with E-state index in [0.717, 1.165) is 65.7 Å². The SMILES string of the molecule is C=C(C)C(=O)Nc1ccc(-c2c(C3=CC[C@H](C(=O)N4CCCC45COC5)CC3)c3c(N)ncnc3n2C)cc1. The van der Waals surface area contributed by atoms with Crippen molar-refractivity contribution in [1.82, 2.24) is 19.4 Å². The minimum absolute atomic E-state index is 0.0208. The Bertz CT molecular complexity index is 1520. The number of aromatic nitrogens is 3. The van der Waals surface area contributed by atoms with Gasteiger partial charge in [-0.15, -0.1) is 0 Å². The van der Waals surface area contributed by atoms with Crippen LogP contribution in [-0.4, -0.2) is 56.5 Å². The van der Waals surface area contributed by atoms with Gasteiger partial charge in [-0.1, -0.05) is 24.8 Å². The Kier molecular flexibility index (Phi) is 6.26. The lowest BCUT2D eigenvalue weighted by Gasteiger charge is -2.46. The molecule has 2 aromatic heterocycles. The minimum atomic E-state index is -0.211. The number of amides is 2.